The van der Waals surface area contributed by atoms with Crippen LogP contribution in [0.4, 0.5) is 4.79 Å². The molecule has 0 radical (unpaired) electrons. The van der Waals surface area contributed by atoms with Crippen molar-refractivity contribution in [3.05, 3.63) is 0 Å². The molecule has 1 saturated carbocycles. The molecule has 0 spiro atoms. The zero-order valence-corrected chi connectivity index (χ0v) is 9.57. The maximum atomic E-state index is 11.2. The minimum Gasteiger partial charge on any atom is -0.469 e. The lowest BCUT2D eigenvalue weighted by atomic mass is 9.86. The van der Waals surface area contributed by atoms with Crippen LogP contribution in [0.25, 0.3) is 0 Å². The number of primary amides is 1. The summed E-state index contributed by atoms with van der Waals surface area (Å²) < 4.78 is 5.91. The minimum absolute atomic E-state index is 0.0340. The van der Waals surface area contributed by atoms with E-state index in [1.165, 1.54) is 11.4 Å². The number of hydrogen-bond acceptors (Lipinski definition) is 4. The molecule has 2 N–H and O–H groups in total. The number of rotatable bonds is 2. The Hall–Kier alpha value is -0.910. The van der Waals surface area contributed by atoms with Gasteiger partial charge in [0.1, 0.15) is 0 Å². The van der Waals surface area contributed by atoms with E-state index < -0.39 is 6.03 Å². The number of nitrogens with two attached hydrogens (primary N) is 1. The van der Waals surface area contributed by atoms with Crippen LogP contribution in [0.5, 0.6) is 0 Å². The molecule has 0 unspecified atom stereocenters. The van der Waals surface area contributed by atoms with Crippen molar-refractivity contribution in [1.82, 2.24) is 4.31 Å². The van der Waals surface area contributed by atoms with E-state index in [0.29, 0.717) is 0 Å². The molecule has 5 nitrogen and oxygen atoms in total. The molecule has 0 aromatic carbocycles. The van der Waals surface area contributed by atoms with Crippen LogP contribution in [0.1, 0.15) is 25.7 Å². The number of carbonyl (C=O) groups is 2. The van der Waals surface area contributed by atoms with Gasteiger partial charge in [-0.1, -0.05) is 12.8 Å². The van der Waals surface area contributed by atoms with E-state index >= 15 is 0 Å². The Labute approximate surface area is 94.5 Å². The summed E-state index contributed by atoms with van der Waals surface area (Å²) in [4.78, 5) is 22.1. The lowest BCUT2D eigenvalue weighted by Gasteiger charge is -2.31. The Morgan fingerprint density at radius 3 is 2.27 bits per heavy atom. The number of ether oxygens (including phenoxy) is 1. The minimum atomic E-state index is -0.542. The van der Waals surface area contributed by atoms with Gasteiger partial charge in [0.05, 0.1) is 13.0 Å². The summed E-state index contributed by atoms with van der Waals surface area (Å²) in [5.41, 5.74) is 5.11. The number of esters is 1. The molecule has 0 atom stereocenters. The van der Waals surface area contributed by atoms with Gasteiger partial charge in [0.2, 0.25) is 0 Å². The van der Waals surface area contributed by atoms with Crippen LogP contribution in [0.15, 0.2) is 0 Å². The summed E-state index contributed by atoms with van der Waals surface area (Å²) in [5.74, 6) is -0.209. The van der Waals surface area contributed by atoms with E-state index in [2.05, 4.69) is 17.6 Å². The topological polar surface area (TPSA) is 72.6 Å². The molecule has 0 aliphatic heterocycles. The van der Waals surface area contributed by atoms with Crippen LogP contribution in [0.2, 0.25) is 0 Å². The quantitative estimate of drug-likeness (QED) is 0.550. The predicted molar refractivity (Wildman–Crippen MR) is 58.2 cm³/mol. The second kappa shape index (κ2) is 5.25. The Kier molecular flexibility index (Phi) is 4.26. The van der Waals surface area contributed by atoms with E-state index in [1.54, 1.807) is 0 Å². The molecular formula is C9H16N2O3S. The molecule has 0 aromatic rings. The molecular weight excluding hydrogens is 216 g/mol. The molecule has 0 aromatic heterocycles. The monoisotopic (exact) mass is 232 g/mol. The number of thiol groups is 1. The summed E-state index contributed by atoms with van der Waals surface area (Å²) in [6.07, 6.45) is 2.93. The SMILES string of the molecule is COC(=O)C1CCC(N(S)C(N)=O)CC1. The lowest BCUT2D eigenvalue weighted by molar-refractivity contribution is -0.146. The Bertz CT molecular complexity index is 252. The van der Waals surface area contributed by atoms with Crippen molar-refractivity contribution in [3.63, 3.8) is 0 Å². The summed E-state index contributed by atoms with van der Waals surface area (Å²) in [6, 6.07) is -0.508. The summed E-state index contributed by atoms with van der Waals surface area (Å²) in [5, 5.41) is 0. The van der Waals surface area contributed by atoms with Gasteiger partial charge in [0.15, 0.2) is 0 Å². The first-order valence-corrected chi connectivity index (χ1v) is 5.31. The van der Waals surface area contributed by atoms with Crippen LogP contribution >= 0.6 is 12.8 Å². The fraction of sp³-hybridized carbons (Fsp3) is 0.778. The highest BCUT2D eigenvalue weighted by molar-refractivity contribution is 7.78. The van der Waals surface area contributed by atoms with E-state index in [0.717, 1.165) is 25.7 Å². The summed E-state index contributed by atoms with van der Waals surface area (Å²) in [6.45, 7) is 0. The fourth-order valence-corrected chi connectivity index (χ4v) is 2.13. The van der Waals surface area contributed by atoms with Crippen molar-refractivity contribution in [3.8, 4) is 0 Å². The number of carbonyl (C=O) groups excluding carboxylic acids is 2. The van der Waals surface area contributed by atoms with Gasteiger partial charge in [-0.15, -0.1) is 0 Å². The van der Waals surface area contributed by atoms with Gasteiger partial charge in [-0.05, 0) is 25.7 Å². The smallest absolute Gasteiger partial charge is 0.324 e. The van der Waals surface area contributed by atoms with E-state index in [9.17, 15) is 9.59 Å². The van der Waals surface area contributed by atoms with E-state index in [1.807, 2.05) is 0 Å². The Morgan fingerprint density at radius 2 is 1.87 bits per heavy atom. The predicted octanol–water partition coefficient (Wildman–Crippen LogP) is 0.944. The fourth-order valence-electron chi connectivity index (χ4n) is 1.90. The van der Waals surface area contributed by atoms with Crippen LogP contribution in [0, 0.1) is 5.92 Å². The number of amides is 2. The zero-order valence-electron chi connectivity index (χ0n) is 8.68. The Balaban J connectivity index is 2.42. The highest BCUT2D eigenvalue weighted by Crippen LogP contribution is 2.28. The maximum Gasteiger partial charge on any atom is 0.324 e. The summed E-state index contributed by atoms with van der Waals surface area (Å²) >= 11 is 4.01. The third-order valence-electron chi connectivity index (χ3n) is 2.80. The van der Waals surface area contributed by atoms with Gasteiger partial charge < -0.3 is 10.5 Å². The molecule has 1 rings (SSSR count). The van der Waals surface area contributed by atoms with Crippen LogP contribution in [0.3, 0.4) is 0 Å². The first-order valence-electron chi connectivity index (χ1n) is 4.91. The second-order valence-electron chi connectivity index (χ2n) is 3.71. The number of urea groups is 1. The summed E-state index contributed by atoms with van der Waals surface area (Å²) in [7, 11) is 1.39. The van der Waals surface area contributed by atoms with Gasteiger partial charge in [0.25, 0.3) is 0 Å². The third kappa shape index (κ3) is 3.02. The van der Waals surface area contributed by atoms with Gasteiger partial charge >= 0.3 is 12.0 Å². The number of methoxy groups -OCH3 is 1. The molecule has 0 bridgehead atoms. The number of nitrogens with zero attached hydrogens (tertiary/aromatic N) is 1. The van der Waals surface area contributed by atoms with Crippen LogP contribution in [-0.2, 0) is 9.53 Å². The standard InChI is InChI=1S/C9H16N2O3S/c1-14-8(12)6-2-4-7(5-3-6)11(15)9(10)13/h6-7,15H,2-5H2,1H3,(H2,10,13). The van der Waals surface area contributed by atoms with Crippen molar-refractivity contribution in [2.24, 2.45) is 11.7 Å². The van der Waals surface area contributed by atoms with Gasteiger partial charge in [0, 0.05) is 6.04 Å². The highest BCUT2D eigenvalue weighted by atomic mass is 32.1. The van der Waals surface area contributed by atoms with Crippen molar-refractivity contribution in [1.29, 1.82) is 0 Å². The highest BCUT2D eigenvalue weighted by Gasteiger charge is 2.30. The molecule has 86 valence electrons. The normalized spacial score (nSPS) is 25.7. The maximum absolute atomic E-state index is 11.2. The lowest BCUT2D eigenvalue weighted by Crippen LogP contribution is -2.40. The van der Waals surface area contributed by atoms with E-state index in [4.69, 9.17) is 5.73 Å². The Morgan fingerprint density at radius 1 is 1.33 bits per heavy atom. The van der Waals surface area contributed by atoms with E-state index in [-0.39, 0.29) is 17.9 Å². The van der Waals surface area contributed by atoms with Crippen molar-refractivity contribution < 1.29 is 14.3 Å². The largest absolute Gasteiger partial charge is 0.469 e. The molecule has 15 heavy (non-hydrogen) atoms. The van der Waals surface area contributed by atoms with Crippen molar-refractivity contribution in [2.45, 2.75) is 31.7 Å². The molecule has 2 amide bonds. The first kappa shape index (κ1) is 12.2. The third-order valence-corrected chi connectivity index (χ3v) is 3.33. The van der Waals surface area contributed by atoms with Crippen molar-refractivity contribution in [2.75, 3.05) is 7.11 Å². The average molecular weight is 232 g/mol. The van der Waals surface area contributed by atoms with Crippen molar-refractivity contribution >= 4 is 24.8 Å². The van der Waals surface area contributed by atoms with Crippen LogP contribution in [-0.4, -0.2) is 29.5 Å². The molecule has 0 saturated heterocycles. The van der Waals surface area contributed by atoms with Gasteiger partial charge in [-0.2, -0.15) is 0 Å². The molecule has 0 heterocycles. The zero-order chi connectivity index (χ0) is 11.4. The van der Waals surface area contributed by atoms with Crippen LogP contribution < -0.4 is 5.73 Å². The second-order valence-corrected chi connectivity index (χ2v) is 4.14. The van der Waals surface area contributed by atoms with Gasteiger partial charge in [-0.25, -0.2) is 4.79 Å². The molecule has 1 fully saturated rings. The molecule has 1 aliphatic rings. The van der Waals surface area contributed by atoms with Gasteiger partial charge in [-0.3, -0.25) is 9.10 Å². The molecule has 1 aliphatic carbocycles. The number of hydrogen-bond donors (Lipinski definition) is 2. The first-order chi connectivity index (χ1) is 7.06. The average Bonchev–Trinajstić information content (AvgIpc) is 2.27. The molecule has 6 heteroatoms.